The molecule has 0 aliphatic carbocycles. The normalized spacial score (nSPS) is 12.9. The van der Waals surface area contributed by atoms with Crippen LogP contribution in [-0.2, 0) is 0 Å². The van der Waals surface area contributed by atoms with E-state index in [0.29, 0.717) is 6.54 Å². The van der Waals surface area contributed by atoms with Crippen LogP contribution in [0.3, 0.4) is 0 Å². The number of aromatic amines is 1. The van der Waals surface area contributed by atoms with E-state index in [4.69, 9.17) is 10.8 Å². The topological polar surface area (TPSA) is 74.1 Å². The Morgan fingerprint density at radius 2 is 2.55 bits per heavy atom. The highest BCUT2D eigenvalue weighted by atomic mass is 16.3. The number of nitrogens with two attached hydrogens (primary N) is 1. The number of hydrogen-bond donors (Lipinski definition) is 4. The van der Waals surface area contributed by atoms with Gasteiger partial charge in [0.25, 0.3) is 0 Å². The summed E-state index contributed by atoms with van der Waals surface area (Å²) in [6, 6.07) is 1.89. The van der Waals surface area contributed by atoms with Gasteiger partial charge in [-0.25, -0.2) is 0 Å². The molecular formula is C7H13N3O. The average Bonchev–Trinajstić information content (AvgIpc) is 2.52. The van der Waals surface area contributed by atoms with Crippen LogP contribution in [0.4, 0.5) is 5.69 Å². The molecule has 0 radical (unpaired) electrons. The Morgan fingerprint density at radius 3 is 3.09 bits per heavy atom. The summed E-state index contributed by atoms with van der Waals surface area (Å²) in [7, 11) is 0. The van der Waals surface area contributed by atoms with Crippen LogP contribution in [0, 0.1) is 0 Å². The van der Waals surface area contributed by atoms with Gasteiger partial charge in [0.05, 0.1) is 11.8 Å². The van der Waals surface area contributed by atoms with E-state index in [2.05, 4.69) is 10.3 Å². The van der Waals surface area contributed by atoms with Gasteiger partial charge in [0, 0.05) is 25.5 Å². The lowest BCUT2D eigenvalue weighted by Gasteiger charge is -2.08. The zero-order valence-corrected chi connectivity index (χ0v) is 6.25. The fourth-order valence-corrected chi connectivity index (χ4v) is 0.753. The first kappa shape index (κ1) is 8.10. The monoisotopic (exact) mass is 155 g/mol. The molecule has 0 fully saturated rings. The number of H-pyrrole nitrogens is 1. The lowest BCUT2D eigenvalue weighted by molar-refractivity contribution is 0.196. The van der Waals surface area contributed by atoms with Crippen LogP contribution in [-0.4, -0.2) is 29.3 Å². The molecular weight excluding hydrogens is 142 g/mol. The van der Waals surface area contributed by atoms with Gasteiger partial charge in [-0.1, -0.05) is 0 Å². The van der Waals surface area contributed by atoms with Crippen molar-refractivity contribution in [3.8, 4) is 0 Å². The van der Waals surface area contributed by atoms with Gasteiger partial charge in [-0.2, -0.15) is 0 Å². The van der Waals surface area contributed by atoms with E-state index >= 15 is 0 Å². The van der Waals surface area contributed by atoms with E-state index in [-0.39, 0.29) is 6.54 Å². The fourth-order valence-electron chi connectivity index (χ4n) is 0.753. The predicted molar refractivity (Wildman–Crippen MR) is 44.3 cm³/mol. The van der Waals surface area contributed by atoms with Crippen LogP contribution in [0.1, 0.15) is 0 Å². The van der Waals surface area contributed by atoms with Gasteiger partial charge >= 0.3 is 0 Å². The average molecular weight is 155 g/mol. The van der Waals surface area contributed by atoms with Crippen molar-refractivity contribution in [3.63, 3.8) is 0 Å². The summed E-state index contributed by atoms with van der Waals surface area (Å²) in [6.07, 6.45) is 3.17. The molecule has 1 atom stereocenters. The lowest BCUT2D eigenvalue weighted by Crippen LogP contribution is -2.27. The Morgan fingerprint density at radius 1 is 1.73 bits per heavy atom. The molecule has 0 aliphatic heterocycles. The first-order valence-corrected chi connectivity index (χ1v) is 3.57. The highest BCUT2D eigenvalue weighted by molar-refractivity contribution is 5.40. The van der Waals surface area contributed by atoms with E-state index in [1.165, 1.54) is 0 Å². The second-order valence-corrected chi connectivity index (χ2v) is 2.37. The van der Waals surface area contributed by atoms with Crippen molar-refractivity contribution in [2.75, 3.05) is 18.4 Å². The maximum Gasteiger partial charge on any atom is 0.0834 e. The third-order valence-corrected chi connectivity index (χ3v) is 1.41. The first-order chi connectivity index (χ1) is 5.33. The minimum atomic E-state index is -0.468. The summed E-state index contributed by atoms with van der Waals surface area (Å²) in [4.78, 5) is 2.90. The maximum atomic E-state index is 9.06. The summed E-state index contributed by atoms with van der Waals surface area (Å²) in [6.45, 7) is 0.784. The minimum absolute atomic E-state index is 0.289. The second-order valence-electron chi connectivity index (χ2n) is 2.37. The van der Waals surface area contributed by atoms with Gasteiger partial charge < -0.3 is 21.1 Å². The number of anilines is 1. The highest BCUT2D eigenvalue weighted by Gasteiger charge is 1.99. The summed E-state index contributed by atoms with van der Waals surface area (Å²) < 4.78 is 0. The Bertz CT molecular complexity index is 186. The Balaban J connectivity index is 2.23. The molecule has 0 saturated carbocycles. The van der Waals surface area contributed by atoms with E-state index in [1.54, 1.807) is 0 Å². The summed E-state index contributed by atoms with van der Waals surface area (Å²) in [5, 5.41) is 12.1. The van der Waals surface area contributed by atoms with Gasteiger partial charge in [0.15, 0.2) is 0 Å². The standard InChI is InChI=1S/C7H13N3O/c8-3-7(11)5-10-6-1-2-9-4-6/h1-2,4,7,9-11H,3,5,8H2. The summed E-state index contributed by atoms with van der Waals surface area (Å²) >= 11 is 0. The van der Waals surface area contributed by atoms with E-state index in [0.717, 1.165) is 5.69 Å². The van der Waals surface area contributed by atoms with Crippen LogP contribution in [0.2, 0.25) is 0 Å². The number of aliphatic hydroxyl groups is 1. The Hall–Kier alpha value is -1.00. The summed E-state index contributed by atoms with van der Waals surface area (Å²) in [5.41, 5.74) is 6.18. The molecule has 11 heavy (non-hydrogen) atoms. The number of hydrogen-bond acceptors (Lipinski definition) is 3. The van der Waals surface area contributed by atoms with Crippen molar-refractivity contribution in [1.29, 1.82) is 0 Å². The molecule has 1 aromatic heterocycles. The Labute approximate surface area is 65.4 Å². The van der Waals surface area contributed by atoms with Crippen LogP contribution in [0.25, 0.3) is 0 Å². The molecule has 0 aromatic carbocycles. The third-order valence-electron chi connectivity index (χ3n) is 1.41. The molecule has 0 spiro atoms. The zero-order chi connectivity index (χ0) is 8.10. The van der Waals surface area contributed by atoms with E-state index in [9.17, 15) is 0 Å². The molecule has 0 amide bonds. The molecule has 1 rings (SSSR count). The lowest BCUT2D eigenvalue weighted by atomic mass is 10.3. The number of nitrogens with one attached hydrogen (secondary N) is 2. The van der Waals surface area contributed by atoms with Gasteiger partial charge in [-0.3, -0.25) is 0 Å². The van der Waals surface area contributed by atoms with Crippen molar-refractivity contribution in [2.24, 2.45) is 5.73 Å². The number of aliphatic hydroxyl groups excluding tert-OH is 1. The molecule has 0 saturated heterocycles. The quantitative estimate of drug-likeness (QED) is 0.484. The van der Waals surface area contributed by atoms with Crippen LogP contribution >= 0.6 is 0 Å². The van der Waals surface area contributed by atoms with Crippen molar-refractivity contribution in [1.82, 2.24) is 4.98 Å². The largest absolute Gasteiger partial charge is 0.390 e. The smallest absolute Gasteiger partial charge is 0.0834 e. The van der Waals surface area contributed by atoms with Crippen molar-refractivity contribution in [3.05, 3.63) is 18.5 Å². The summed E-state index contributed by atoms with van der Waals surface area (Å²) in [5.74, 6) is 0. The van der Waals surface area contributed by atoms with Crippen LogP contribution in [0.15, 0.2) is 18.5 Å². The molecule has 1 heterocycles. The van der Waals surface area contributed by atoms with E-state index in [1.807, 2.05) is 18.5 Å². The van der Waals surface area contributed by atoms with Crippen LogP contribution < -0.4 is 11.1 Å². The van der Waals surface area contributed by atoms with Gasteiger partial charge in [-0.05, 0) is 6.07 Å². The molecule has 62 valence electrons. The van der Waals surface area contributed by atoms with Crippen LogP contribution in [0.5, 0.6) is 0 Å². The van der Waals surface area contributed by atoms with E-state index < -0.39 is 6.10 Å². The molecule has 0 bridgehead atoms. The molecule has 4 nitrogen and oxygen atoms in total. The number of aromatic nitrogens is 1. The fraction of sp³-hybridized carbons (Fsp3) is 0.429. The third kappa shape index (κ3) is 2.61. The molecule has 0 aliphatic rings. The maximum absolute atomic E-state index is 9.06. The molecule has 5 N–H and O–H groups in total. The minimum Gasteiger partial charge on any atom is -0.390 e. The SMILES string of the molecule is NCC(O)CNc1cc[nH]c1. The highest BCUT2D eigenvalue weighted by Crippen LogP contribution is 2.02. The van der Waals surface area contributed by atoms with Crippen molar-refractivity contribution >= 4 is 5.69 Å². The van der Waals surface area contributed by atoms with Gasteiger partial charge in [0.2, 0.25) is 0 Å². The molecule has 4 heteroatoms. The Kier molecular flexibility index (Phi) is 2.95. The van der Waals surface area contributed by atoms with Crippen molar-refractivity contribution < 1.29 is 5.11 Å². The molecule has 1 aromatic rings. The molecule has 1 unspecified atom stereocenters. The predicted octanol–water partition coefficient (Wildman–Crippen LogP) is -0.254. The van der Waals surface area contributed by atoms with Crippen molar-refractivity contribution in [2.45, 2.75) is 6.10 Å². The number of rotatable bonds is 4. The van der Waals surface area contributed by atoms with Gasteiger partial charge in [-0.15, -0.1) is 0 Å². The second kappa shape index (κ2) is 4.00. The first-order valence-electron chi connectivity index (χ1n) is 3.57. The van der Waals surface area contributed by atoms with Gasteiger partial charge in [0.1, 0.15) is 0 Å². The zero-order valence-electron chi connectivity index (χ0n) is 6.25.